The highest BCUT2D eigenvalue weighted by Crippen LogP contribution is 2.33. The standard InChI is InChI=1S/C13H11F3N2O3/c14-13(15,16)10-2-1-8(3-7(10)4-17)18-11-6-21-5-9(11)12(19)20/h1-3,9,11,18H,5-6H2,(H,19,20). The Balaban J connectivity index is 2.23. The molecule has 0 amide bonds. The van der Waals surface area contributed by atoms with Crippen molar-refractivity contribution in [2.75, 3.05) is 18.5 Å². The number of ether oxygens (including phenoxy) is 1. The number of nitriles is 1. The first kappa shape index (κ1) is 15.1. The number of alkyl halides is 3. The topological polar surface area (TPSA) is 82.3 Å². The van der Waals surface area contributed by atoms with Gasteiger partial charge in [-0.2, -0.15) is 18.4 Å². The van der Waals surface area contributed by atoms with Gasteiger partial charge in [0, 0.05) is 5.69 Å². The zero-order valence-corrected chi connectivity index (χ0v) is 10.6. The van der Waals surface area contributed by atoms with Crippen molar-refractivity contribution in [2.45, 2.75) is 12.2 Å². The van der Waals surface area contributed by atoms with E-state index in [2.05, 4.69) is 5.32 Å². The summed E-state index contributed by atoms with van der Waals surface area (Å²) in [5.41, 5.74) is -1.28. The number of benzene rings is 1. The Labute approximate surface area is 117 Å². The molecule has 2 N–H and O–H groups in total. The summed E-state index contributed by atoms with van der Waals surface area (Å²) in [6.07, 6.45) is -4.61. The molecule has 112 valence electrons. The Kier molecular flexibility index (Phi) is 4.04. The van der Waals surface area contributed by atoms with Gasteiger partial charge >= 0.3 is 12.1 Å². The van der Waals surface area contributed by atoms with E-state index in [0.29, 0.717) is 0 Å². The molecule has 0 radical (unpaired) electrons. The van der Waals surface area contributed by atoms with Crippen LogP contribution >= 0.6 is 0 Å². The fourth-order valence-electron chi connectivity index (χ4n) is 2.13. The lowest BCUT2D eigenvalue weighted by atomic mass is 10.0. The molecule has 0 aliphatic carbocycles. The molecule has 1 aromatic carbocycles. The normalized spacial score (nSPS) is 21.8. The summed E-state index contributed by atoms with van der Waals surface area (Å²) < 4.78 is 43.1. The van der Waals surface area contributed by atoms with Crippen LogP contribution in [0.3, 0.4) is 0 Å². The molecular weight excluding hydrogens is 289 g/mol. The van der Waals surface area contributed by atoms with Crippen molar-refractivity contribution in [2.24, 2.45) is 5.92 Å². The van der Waals surface area contributed by atoms with Crippen molar-refractivity contribution in [1.29, 1.82) is 5.26 Å². The molecule has 1 aliphatic rings. The first-order valence-electron chi connectivity index (χ1n) is 6.01. The summed E-state index contributed by atoms with van der Waals surface area (Å²) in [6, 6.07) is 3.96. The van der Waals surface area contributed by atoms with E-state index < -0.39 is 35.2 Å². The number of carboxylic acid groups (broad SMARTS) is 1. The molecule has 2 unspecified atom stereocenters. The predicted molar refractivity (Wildman–Crippen MR) is 65.5 cm³/mol. The van der Waals surface area contributed by atoms with Crippen molar-refractivity contribution in [1.82, 2.24) is 0 Å². The molecular formula is C13H11F3N2O3. The second kappa shape index (κ2) is 5.61. The molecule has 0 aromatic heterocycles. The molecule has 8 heteroatoms. The van der Waals surface area contributed by atoms with Gasteiger partial charge in [-0.05, 0) is 18.2 Å². The minimum atomic E-state index is -4.61. The van der Waals surface area contributed by atoms with E-state index in [9.17, 15) is 18.0 Å². The van der Waals surface area contributed by atoms with Crippen molar-refractivity contribution in [3.05, 3.63) is 29.3 Å². The van der Waals surface area contributed by atoms with Crippen LogP contribution in [0.15, 0.2) is 18.2 Å². The zero-order valence-electron chi connectivity index (χ0n) is 10.6. The third kappa shape index (κ3) is 3.25. The van der Waals surface area contributed by atoms with E-state index in [-0.39, 0.29) is 18.9 Å². The van der Waals surface area contributed by atoms with Crippen molar-refractivity contribution in [3.63, 3.8) is 0 Å². The largest absolute Gasteiger partial charge is 0.481 e. The molecule has 0 bridgehead atoms. The van der Waals surface area contributed by atoms with Crippen LogP contribution in [0, 0.1) is 17.2 Å². The maximum absolute atomic E-state index is 12.7. The third-order valence-corrected chi connectivity index (χ3v) is 3.20. The molecule has 21 heavy (non-hydrogen) atoms. The minimum Gasteiger partial charge on any atom is -0.481 e. The highest BCUT2D eigenvalue weighted by molar-refractivity contribution is 5.72. The number of hydrogen-bond acceptors (Lipinski definition) is 4. The van der Waals surface area contributed by atoms with Crippen molar-refractivity contribution in [3.8, 4) is 6.07 Å². The molecule has 0 saturated carbocycles. The average Bonchev–Trinajstić information content (AvgIpc) is 2.85. The molecule has 2 atom stereocenters. The first-order chi connectivity index (χ1) is 9.82. The number of carbonyl (C=O) groups is 1. The Morgan fingerprint density at radius 3 is 2.71 bits per heavy atom. The summed E-state index contributed by atoms with van der Waals surface area (Å²) in [5.74, 6) is -1.82. The van der Waals surface area contributed by atoms with Gasteiger partial charge in [0.05, 0.1) is 36.5 Å². The number of anilines is 1. The molecule has 1 saturated heterocycles. The Morgan fingerprint density at radius 2 is 2.14 bits per heavy atom. The number of carboxylic acids is 1. The lowest BCUT2D eigenvalue weighted by Gasteiger charge is -2.18. The number of aliphatic carboxylic acids is 1. The molecule has 0 spiro atoms. The van der Waals surface area contributed by atoms with Crippen LogP contribution < -0.4 is 5.32 Å². The first-order valence-corrected chi connectivity index (χ1v) is 6.01. The summed E-state index contributed by atoms with van der Waals surface area (Å²) in [7, 11) is 0. The van der Waals surface area contributed by atoms with E-state index in [1.807, 2.05) is 0 Å². The van der Waals surface area contributed by atoms with Gasteiger partial charge in [-0.25, -0.2) is 0 Å². The van der Waals surface area contributed by atoms with Gasteiger partial charge in [-0.1, -0.05) is 0 Å². The van der Waals surface area contributed by atoms with Gasteiger partial charge in [-0.3, -0.25) is 4.79 Å². The van der Waals surface area contributed by atoms with Crippen LogP contribution in [0.4, 0.5) is 18.9 Å². The highest BCUT2D eigenvalue weighted by atomic mass is 19.4. The predicted octanol–water partition coefficient (Wildman–Crippen LogP) is 2.09. The van der Waals surface area contributed by atoms with Gasteiger partial charge < -0.3 is 15.2 Å². The molecule has 1 aromatic rings. The van der Waals surface area contributed by atoms with Crippen LogP contribution in [-0.4, -0.2) is 30.3 Å². The van der Waals surface area contributed by atoms with E-state index in [1.54, 1.807) is 0 Å². The van der Waals surface area contributed by atoms with Gasteiger partial charge in [0.25, 0.3) is 0 Å². The Morgan fingerprint density at radius 1 is 1.43 bits per heavy atom. The number of halogens is 3. The fourth-order valence-corrected chi connectivity index (χ4v) is 2.13. The van der Waals surface area contributed by atoms with Crippen LogP contribution in [0.5, 0.6) is 0 Å². The van der Waals surface area contributed by atoms with Gasteiger partial charge in [0.2, 0.25) is 0 Å². The van der Waals surface area contributed by atoms with Crippen LogP contribution in [0.2, 0.25) is 0 Å². The summed E-state index contributed by atoms with van der Waals surface area (Å²) in [5, 5.41) is 20.6. The summed E-state index contributed by atoms with van der Waals surface area (Å²) >= 11 is 0. The van der Waals surface area contributed by atoms with Gasteiger partial charge in [0.15, 0.2) is 0 Å². The van der Waals surface area contributed by atoms with Crippen molar-refractivity contribution >= 4 is 11.7 Å². The van der Waals surface area contributed by atoms with E-state index >= 15 is 0 Å². The van der Waals surface area contributed by atoms with Crippen LogP contribution in [0.1, 0.15) is 11.1 Å². The smallest absolute Gasteiger partial charge is 0.417 e. The molecule has 5 nitrogen and oxygen atoms in total. The lowest BCUT2D eigenvalue weighted by molar-refractivity contribution is -0.141. The molecule has 2 rings (SSSR count). The molecule has 1 heterocycles. The number of hydrogen-bond donors (Lipinski definition) is 2. The van der Waals surface area contributed by atoms with E-state index in [1.165, 1.54) is 12.1 Å². The SMILES string of the molecule is N#Cc1cc(NC2COCC2C(=O)O)ccc1C(F)(F)F. The minimum absolute atomic E-state index is 0.0404. The fraction of sp³-hybridized carbons (Fsp3) is 0.385. The Bertz CT molecular complexity index is 595. The maximum Gasteiger partial charge on any atom is 0.417 e. The van der Waals surface area contributed by atoms with E-state index in [4.69, 9.17) is 15.1 Å². The van der Waals surface area contributed by atoms with Gasteiger partial charge in [-0.15, -0.1) is 0 Å². The van der Waals surface area contributed by atoms with Crippen LogP contribution in [0.25, 0.3) is 0 Å². The molecule has 1 fully saturated rings. The monoisotopic (exact) mass is 300 g/mol. The van der Waals surface area contributed by atoms with Gasteiger partial charge in [0.1, 0.15) is 5.92 Å². The second-order valence-corrected chi connectivity index (χ2v) is 4.60. The summed E-state index contributed by atoms with van der Waals surface area (Å²) in [4.78, 5) is 11.0. The number of rotatable bonds is 3. The number of nitrogens with zero attached hydrogens (tertiary/aromatic N) is 1. The Hall–Kier alpha value is -2.27. The highest BCUT2D eigenvalue weighted by Gasteiger charge is 2.35. The average molecular weight is 300 g/mol. The second-order valence-electron chi connectivity index (χ2n) is 4.60. The number of nitrogens with one attached hydrogen (secondary N) is 1. The maximum atomic E-state index is 12.7. The lowest BCUT2D eigenvalue weighted by Crippen LogP contribution is -2.33. The third-order valence-electron chi connectivity index (χ3n) is 3.20. The van der Waals surface area contributed by atoms with E-state index in [0.717, 1.165) is 12.1 Å². The van der Waals surface area contributed by atoms with Crippen molar-refractivity contribution < 1.29 is 27.8 Å². The summed E-state index contributed by atoms with van der Waals surface area (Å²) in [6.45, 7) is 0.179. The van der Waals surface area contributed by atoms with Crippen LogP contribution in [-0.2, 0) is 15.7 Å². The quantitative estimate of drug-likeness (QED) is 0.893. The molecule has 1 aliphatic heterocycles. The zero-order chi connectivity index (χ0) is 15.6.